The Balaban J connectivity index is 2.02. The summed E-state index contributed by atoms with van der Waals surface area (Å²) in [5.41, 5.74) is 0.752. The third-order valence-corrected chi connectivity index (χ3v) is 5.83. The van der Waals surface area contributed by atoms with Crippen molar-refractivity contribution >= 4 is 21.6 Å². The summed E-state index contributed by atoms with van der Waals surface area (Å²) in [5.74, 6) is 0.00469. The maximum Gasteiger partial charge on any atom is 0.218 e. The standard InChI is InChI=1S/C15H22ClNO3S/c1-2-17(11-15-5-3-4-10-20-15)21(18,19)12-13-6-8-14(16)9-7-13/h6-9,15H,2-5,10-12H2,1H3. The Hall–Kier alpha value is -0.620. The number of halogens is 1. The van der Waals surface area contributed by atoms with E-state index in [2.05, 4.69) is 0 Å². The summed E-state index contributed by atoms with van der Waals surface area (Å²) < 4.78 is 32.2. The Morgan fingerprint density at radius 2 is 2.00 bits per heavy atom. The first-order chi connectivity index (χ1) is 10.0. The van der Waals surface area contributed by atoms with E-state index in [9.17, 15) is 8.42 Å². The molecule has 1 aromatic rings. The van der Waals surface area contributed by atoms with E-state index in [0.717, 1.165) is 31.4 Å². The highest BCUT2D eigenvalue weighted by Gasteiger charge is 2.25. The number of benzene rings is 1. The van der Waals surface area contributed by atoms with Crippen LogP contribution in [0.4, 0.5) is 0 Å². The molecule has 1 atom stereocenters. The van der Waals surface area contributed by atoms with Gasteiger partial charge in [0.25, 0.3) is 0 Å². The van der Waals surface area contributed by atoms with Gasteiger partial charge in [0.05, 0.1) is 11.9 Å². The second-order valence-corrected chi connectivity index (χ2v) is 7.73. The molecule has 1 saturated heterocycles. The second kappa shape index (κ2) is 7.58. The lowest BCUT2D eigenvalue weighted by Gasteiger charge is -2.28. The summed E-state index contributed by atoms with van der Waals surface area (Å²) >= 11 is 5.83. The third kappa shape index (κ3) is 4.95. The number of hydrogen-bond donors (Lipinski definition) is 0. The first-order valence-electron chi connectivity index (χ1n) is 7.35. The minimum Gasteiger partial charge on any atom is -0.377 e. The van der Waals surface area contributed by atoms with Crippen LogP contribution in [0.2, 0.25) is 5.02 Å². The lowest BCUT2D eigenvalue weighted by atomic mass is 10.1. The molecular weight excluding hydrogens is 310 g/mol. The molecular formula is C15H22ClNO3S. The van der Waals surface area contributed by atoms with Gasteiger partial charge in [-0.1, -0.05) is 30.7 Å². The van der Waals surface area contributed by atoms with Crippen molar-refractivity contribution in [2.45, 2.75) is 38.0 Å². The van der Waals surface area contributed by atoms with Crippen molar-refractivity contribution in [3.05, 3.63) is 34.9 Å². The van der Waals surface area contributed by atoms with E-state index in [4.69, 9.17) is 16.3 Å². The molecule has 4 nitrogen and oxygen atoms in total. The summed E-state index contributed by atoms with van der Waals surface area (Å²) in [7, 11) is -3.33. The number of hydrogen-bond acceptors (Lipinski definition) is 3. The van der Waals surface area contributed by atoms with Gasteiger partial charge >= 0.3 is 0 Å². The predicted molar refractivity (Wildman–Crippen MR) is 84.9 cm³/mol. The Bertz CT molecular complexity index is 539. The summed E-state index contributed by atoms with van der Waals surface area (Å²) in [6.45, 7) is 3.52. The highest BCUT2D eigenvalue weighted by molar-refractivity contribution is 7.88. The second-order valence-electron chi connectivity index (χ2n) is 5.32. The third-order valence-electron chi connectivity index (χ3n) is 3.69. The van der Waals surface area contributed by atoms with E-state index >= 15 is 0 Å². The van der Waals surface area contributed by atoms with Gasteiger partial charge in [-0.05, 0) is 37.0 Å². The van der Waals surface area contributed by atoms with Crippen LogP contribution in [-0.2, 0) is 20.5 Å². The SMILES string of the molecule is CCN(CC1CCCCO1)S(=O)(=O)Cc1ccc(Cl)cc1. The summed E-state index contributed by atoms with van der Waals surface area (Å²) in [5, 5.41) is 0.610. The van der Waals surface area contributed by atoms with E-state index in [1.54, 1.807) is 24.3 Å². The van der Waals surface area contributed by atoms with Crippen molar-refractivity contribution < 1.29 is 13.2 Å². The van der Waals surface area contributed by atoms with Gasteiger partial charge in [0.15, 0.2) is 0 Å². The molecule has 1 aliphatic rings. The van der Waals surface area contributed by atoms with Gasteiger partial charge in [-0.3, -0.25) is 0 Å². The molecule has 0 spiro atoms. The van der Waals surface area contributed by atoms with Crippen molar-refractivity contribution in [3.8, 4) is 0 Å². The first-order valence-corrected chi connectivity index (χ1v) is 9.34. The highest BCUT2D eigenvalue weighted by Crippen LogP contribution is 2.18. The van der Waals surface area contributed by atoms with Gasteiger partial charge in [-0.25, -0.2) is 8.42 Å². The molecule has 1 aliphatic heterocycles. The quantitative estimate of drug-likeness (QED) is 0.804. The summed E-state index contributed by atoms with van der Waals surface area (Å²) in [4.78, 5) is 0. The Kier molecular flexibility index (Phi) is 6.05. The molecule has 1 aromatic carbocycles. The van der Waals surface area contributed by atoms with Gasteiger partial charge < -0.3 is 4.74 Å². The molecule has 118 valence electrons. The van der Waals surface area contributed by atoms with Gasteiger partial charge in [-0.2, -0.15) is 4.31 Å². The molecule has 21 heavy (non-hydrogen) atoms. The minimum absolute atomic E-state index is 0.00469. The van der Waals surface area contributed by atoms with Crippen LogP contribution < -0.4 is 0 Å². The van der Waals surface area contributed by atoms with E-state index < -0.39 is 10.0 Å². The minimum atomic E-state index is -3.33. The number of likely N-dealkylation sites (N-methyl/N-ethyl adjacent to an activating group) is 1. The van der Waals surface area contributed by atoms with Crippen molar-refractivity contribution in [3.63, 3.8) is 0 Å². The molecule has 1 unspecified atom stereocenters. The van der Waals surface area contributed by atoms with Gasteiger partial charge in [0.2, 0.25) is 10.0 Å². The average molecular weight is 332 g/mol. The highest BCUT2D eigenvalue weighted by atomic mass is 35.5. The van der Waals surface area contributed by atoms with Crippen molar-refractivity contribution in [1.29, 1.82) is 0 Å². The van der Waals surface area contributed by atoms with Crippen LogP contribution in [-0.4, -0.2) is 38.5 Å². The largest absolute Gasteiger partial charge is 0.377 e. The van der Waals surface area contributed by atoms with Crippen LogP contribution in [0.15, 0.2) is 24.3 Å². The van der Waals surface area contributed by atoms with Gasteiger partial charge in [0, 0.05) is 24.7 Å². The zero-order valence-corrected chi connectivity index (χ0v) is 13.9. The topological polar surface area (TPSA) is 46.6 Å². The first kappa shape index (κ1) is 16.7. The molecule has 1 fully saturated rings. The molecule has 0 amide bonds. The molecule has 0 bridgehead atoms. The Labute approximate surface area is 132 Å². The number of rotatable bonds is 6. The lowest BCUT2D eigenvalue weighted by Crippen LogP contribution is -2.40. The fraction of sp³-hybridized carbons (Fsp3) is 0.600. The van der Waals surface area contributed by atoms with Crippen LogP contribution in [0.5, 0.6) is 0 Å². The fourth-order valence-electron chi connectivity index (χ4n) is 2.50. The molecule has 0 aliphatic carbocycles. The monoisotopic (exact) mass is 331 g/mol. The molecule has 0 aromatic heterocycles. The van der Waals surface area contributed by atoms with Crippen LogP contribution in [0.3, 0.4) is 0 Å². The lowest BCUT2D eigenvalue weighted by molar-refractivity contribution is 0.00668. The normalized spacial score (nSPS) is 19.9. The molecule has 1 heterocycles. The molecule has 0 N–H and O–H groups in total. The molecule has 6 heteroatoms. The summed E-state index contributed by atoms with van der Waals surface area (Å²) in [6, 6.07) is 6.94. The van der Waals surface area contributed by atoms with E-state index in [0.29, 0.717) is 18.1 Å². The van der Waals surface area contributed by atoms with Crippen molar-refractivity contribution in [2.24, 2.45) is 0 Å². The zero-order chi connectivity index (χ0) is 15.3. The molecule has 2 rings (SSSR count). The van der Waals surface area contributed by atoms with Crippen LogP contribution >= 0.6 is 11.6 Å². The van der Waals surface area contributed by atoms with Crippen LogP contribution in [0.25, 0.3) is 0 Å². The average Bonchev–Trinajstić information content (AvgIpc) is 2.48. The number of ether oxygens (including phenoxy) is 1. The van der Waals surface area contributed by atoms with E-state index in [-0.39, 0.29) is 11.9 Å². The predicted octanol–water partition coefficient (Wildman–Crippen LogP) is 3.06. The molecule has 0 radical (unpaired) electrons. The van der Waals surface area contributed by atoms with Crippen LogP contribution in [0.1, 0.15) is 31.7 Å². The maximum absolute atomic E-state index is 12.5. The van der Waals surface area contributed by atoms with E-state index in [1.807, 2.05) is 6.92 Å². The number of nitrogens with zero attached hydrogens (tertiary/aromatic N) is 1. The Morgan fingerprint density at radius 1 is 1.29 bits per heavy atom. The van der Waals surface area contributed by atoms with Crippen molar-refractivity contribution in [1.82, 2.24) is 4.31 Å². The fourth-order valence-corrected chi connectivity index (χ4v) is 4.21. The number of sulfonamides is 1. The zero-order valence-electron chi connectivity index (χ0n) is 12.3. The summed E-state index contributed by atoms with van der Waals surface area (Å²) in [6.07, 6.45) is 3.14. The van der Waals surface area contributed by atoms with E-state index in [1.165, 1.54) is 4.31 Å². The van der Waals surface area contributed by atoms with Crippen molar-refractivity contribution in [2.75, 3.05) is 19.7 Å². The van der Waals surface area contributed by atoms with Gasteiger partial charge in [0.1, 0.15) is 0 Å². The smallest absolute Gasteiger partial charge is 0.218 e. The maximum atomic E-state index is 12.5. The Morgan fingerprint density at radius 3 is 2.57 bits per heavy atom. The van der Waals surface area contributed by atoms with Crippen LogP contribution in [0, 0.1) is 0 Å². The van der Waals surface area contributed by atoms with Gasteiger partial charge in [-0.15, -0.1) is 0 Å². The molecule has 0 saturated carbocycles.